The lowest BCUT2D eigenvalue weighted by atomic mass is 10.1. The van der Waals surface area contributed by atoms with Crippen LogP contribution in [0.25, 0.3) is 10.9 Å². The zero-order valence-electron chi connectivity index (χ0n) is 8.86. The molecule has 3 heteroatoms. The standard InChI is InChI=1S/C13H12N2O/c14-8-4-3-7-13(16)11-9-15-12-6-2-1-5-10(11)12/h1-2,5-6,9,15H,3-4,7H2. The number of ketones is 1. The SMILES string of the molecule is N#CCCCC(=O)c1c[nH]c2ccccc12. The van der Waals surface area contributed by atoms with Gasteiger partial charge in [-0.1, -0.05) is 18.2 Å². The van der Waals surface area contributed by atoms with Crippen molar-refractivity contribution in [3.05, 3.63) is 36.0 Å². The summed E-state index contributed by atoms with van der Waals surface area (Å²) in [5, 5.41) is 9.38. The van der Waals surface area contributed by atoms with Crippen LogP contribution in [0.1, 0.15) is 29.6 Å². The Morgan fingerprint density at radius 2 is 2.19 bits per heavy atom. The molecule has 0 aliphatic carbocycles. The Bertz CT molecular complexity index is 548. The number of aromatic amines is 1. The number of fused-ring (bicyclic) bond motifs is 1. The third kappa shape index (κ3) is 1.96. The van der Waals surface area contributed by atoms with E-state index in [0.29, 0.717) is 19.3 Å². The van der Waals surface area contributed by atoms with Crippen LogP contribution in [0.4, 0.5) is 0 Å². The van der Waals surface area contributed by atoms with Crippen molar-refractivity contribution >= 4 is 16.7 Å². The zero-order chi connectivity index (χ0) is 11.4. The Balaban J connectivity index is 2.20. The molecule has 0 bridgehead atoms. The van der Waals surface area contributed by atoms with Gasteiger partial charge in [0.1, 0.15) is 0 Å². The highest BCUT2D eigenvalue weighted by atomic mass is 16.1. The second-order valence-electron chi connectivity index (χ2n) is 3.68. The minimum absolute atomic E-state index is 0.104. The van der Waals surface area contributed by atoms with Crippen molar-refractivity contribution < 1.29 is 4.79 Å². The minimum Gasteiger partial charge on any atom is -0.360 e. The average Bonchev–Trinajstić information content (AvgIpc) is 2.73. The number of Topliss-reactive ketones (excluding diaryl/α,β-unsaturated/α-hetero) is 1. The molecule has 1 aromatic heterocycles. The molecule has 0 atom stereocenters. The van der Waals surface area contributed by atoms with Gasteiger partial charge in [0.05, 0.1) is 6.07 Å². The molecule has 1 heterocycles. The van der Waals surface area contributed by atoms with Crippen LogP contribution < -0.4 is 0 Å². The Morgan fingerprint density at radius 1 is 1.38 bits per heavy atom. The predicted octanol–water partition coefficient (Wildman–Crippen LogP) is 3.04. The van der Waals surface area contributed by atoms with Gasteiger partial charge in [0.25, 0.3) is 0 Å². The predicted molar refractivity (Wildman–Crippen MR) is 62.1 cm³/mol. The highest BCUT2D eigenvalue weighted by molar-refractivity contribution is 6.07. The fourth-order valence-electron chi connectivity index (χ4n) is 1.76. The van der Waals surface area contributed by atoms with Crippen LogP contribution in [-0.4, -0.2) is 10.8 Å². The summed E-state index contributed by atoms with van der Waals surface area (Å²) in [5.74, 6) is 0.104. The quantitative estimate of drug-likeness (QED) is 0.625. The highest BCUT2D eigenvalue weighted by Gasteiger charge is 2.10. The van der Waals surface area contributed by atoms with E-state index in [2.05, 4.69) is 4.98 Å². The smallest absolute Gasteiger partial charge is 0.165 e. The van der Waals surface area contributed by atoms with Gasteiger partial charge in [-0.2, -0.15) is 5.26 Å². The van der Waals surface area contributed by atoms with Gasteiger partial charge in [-0.3, -0.25) is 4.79 Å². The monoisotopic (exact) mass is 212 g/mol. The third-order valence-corrected chi connectivity index (χ3v) is 2.58. The summed E-state index contributed by atoms with van der Waals surface area (Å²) in [6.45, 7) is 0. The summed E-state index contributed by atoms with van der Waals surface area (Å²) in [6, 6.07) is 9.78. The molecule has 3 nitrogen and oxygen atoms in total. The van der Waals surface area contributed by atoms with Gasteiger partial charge in [0.15, 0.2) is 5.78 Å². The van der Waals surface area contributed by atoms with Crippen LogP contribution in [0.5, 0.6) is 0 Å². The molecule has 16 heavy (non-hydrogen) atoms. The van der Waals surface area contributed by atoms with Gasteiger partial charge in [0.2, 0.25) is 0 Å². The average molecular weight is 212 g/mol. The first kappa shape index (κ1) is 10.4. The maximum Gasteiger partial charge on any atom is 0.165 e. The molecule has 1 aromatic carbocycles. The number of carbonyl (C=O) groups excluding carboxylic acids is 1. The molecule has 0 spiro atoms. The van der Waals surface area contributed by atoms with Crippen LogP contribution in [0.15, 0.2) is 30.5 Å². The first-order chi connectivity index (χ1) is 7.83. The van der Waals surface area contributed by atoms with Crippen molar-refractivity contribution in [2.24, 2.45) is 0 Å². The fourth-order valence-corrected chi connectivity index (χ4v) is 1.76. The van der Waals surface area contributed by atoms with Crippen molar-refractivity contribution in [2.45, 2.75) is 19.3 Å². The number of nitriles is 1. The molecule has 0 saturated heterocycles. The minimum atomic E-state index is 0.104. The van der Waals surface area contributed by atoms with Crippen LogP contribution >= 0.6 is 0 Å². The van der Waals surface area contributed by atoms with Crippen molar-refractivity contribution in [2.75, 3.05) is 0 Å². The van der Waals surface area contributed by atoms with Crippen LogP contribution in [0, 0.1) is 11.3 Å². The van der Waals surface area contributed by atoms with E-state index in [9.17, 15) is 4.79 Å². The lowest BCUT2D eigenvalue weighted by Gasteiger charge is -1.96. The molecule has 0 amide bonds. The molecule has 80 valence electrons. The molecule has 2 aromatic rings. The first-order valence-corrected chi connectivity index (χ1v) is 5.29. The summed E-state index contributed by atoms with van der Waals surface area (Å²) in [6.07, 6.45) is 3.26. The molecule has 2 rings (SSSR count). The Labute approximate surface area is 93.7 Å². The number of unbranched alkanes of at least 4 members (excludes halogenated alkanes) is 1. The second kappa shape index (κ2) is 4.63. The van der Waals surface area contributed by atoms with E-state index in [1.807, 2.05) is 30.3 Å². The topological polar surface area (TPSA) is 56.6 Å². The summed E-state index contributed by atoms with van der Waals surface area (Å²) in [5.41, 5.74) is 1.71. The van der Waals surface area contributed by atoms with Gasteiger partial charge < -0.3 is 4.98 Å². The van der Waals surface area contributed by atoms with Crippen molar-refractivity contribution in [1.29, 1.82) is 5.26 Å². The van der Waals surface area contributed by atoms with Gasteiger partial charge in [0, 0.05) is 35.5 Å². The van der Waals surface area contributed by atoms with Crippen LogP contribution in [-0.2, 0) is 0 Å². The van der Waals surface area contributed by atoms with Gasteiger partial charge in [-0.15, -0.1) is 0 Å². The molecular formula is C13H12N2O. The van der Waals surface area contributed by atoms with E-state index in [1.54, 1.807) is 6.20 Å². The van der Waals surface area contributed by atoms with Crippen LogP contribution in [0.2, 0.25) is 0 Å². The number of nitrogens with one attached hydrogen (secondary N) is 1. The molecule has 0 fully saturated rings. The number of nitrogens with zero attached hydrogens (tertiary/aromatic N) is 1. The normalized spacial score (nSPS) is 10.2. The second-order valence-corrected chi connectivity index (χ2v) is 3.68. The number of carbonyl (C=O) groups is 1. The Hall–Kier alpha value is -2.08. The number of rotatable bonds is 4. The number of para-hydroxylation sites is 1. The molecule has 0 radical (unpaired) electrons. The number of aromatic nitrogens is 1. The third-order valence-electron chi connectivity index (χ3n) is 2.58. The molecule has 0 unspecified atom stereocenters. The number of benzene rings is 1. The summed E-state index contributed by atoms with van der Waals surface area (Å²) >= 11 is 0. The Kier molecular flexibility index (Phi) is 3.02. The summed E-state index contributed by atoms with van der Waals surface area (Å²) < 4.78 is 0. The maximum absolute atomic E-state index is 11.9. The fraction of sp³-hybridized carbons (Fsp3) is 0.231. The lowest BCUT2D eigenvalue weighted by molar-refractivity contribution is 0.0982. The molecule has 0 saturated carbocycles. The van der Waals surface area contributed by atoms with E-state index < -0.39 is 0 Å². The summed E-state index contributed by atoms with van der Waals surface area (Å²) in [7, 11) is 0. The van der Waals surface area contributed by atoms with Crippen LogP contribution in [0.3, 0.4) is 0 Å². The van der Waals surface area contributed by atoms with E-state index in [-0.39, 0.29) is 5.78 Å². The van der Waals surface area contributed by atoms with Gasteiger partial charge in [-0.05, 0) is 12.5 Å². The van der Waals surface area contributed by atoms with E-state index in [4.69, 9.17) is 5.26 Å². The van der Waals surface area contributed by atoms with Crippen molar-refractivity contribution in [1.82, 2.24) is 4.98 Å². The first-order valence-electron chi connectivity index (χ1n) is 5.29. The van der Waals surface area contributed by atoms with E-state index >= 15 is 0 Å². The summed E-state index contributed by atoms with van der Waals surface area (Å²) in [4.78, 5) is 14.9. The molecule has 0 aliphatic rings. The largest absolute Gasteiger partial charge is 0.360 e. The van der Waals surface area contributed by atoms with Gasteiger partial charge >= 0.3 is 0 Å². The van der Waals surface area contributed by atoms with E-state index in [1.165, 1.54) is 0 Å². The van der Waals surface area contributed by atoms with E-state index in [0.717, 1.165) is 16.5 Å². The van der Waals surface area contributed by atoms with Crippen molar-refractivity contribution in [3.63, 3.8) is 0 Å². The molecular weight excluding hydrogens is 200 g/mol. The molecule has 1 N–H and O–H groups in total. The number of H-pyrrole nitrogens is 1. The van der Waals surface area contributed by atoms with Crippen molar-refractivity contribution in [3.8, 4) is 6.07 Å². The highest BCUT2D eigenvalue weighted by Crippen LogP contribution is 2.19. The number of hydrogen-bond donors (Lipinski definition) is 1. The number of hydrogen-bond acceptors (Lipinski definition) is 2. The maximum atomic E-state index is 11.9. The molecule has 0 aliphatic heterocycles. The van der Waals surface area contributed by atoms with Gasteiger partial charge in [-0.25, -0.2) is 0 Å². The lowest BCUT2D eigenvalue weighted by Crippen LogP contribution is -1.97. The zero-order valence-corrected chi connectivity index (χ0v) is 8.86. The Morgan fingerprint density at radius 3 is 3.00 bits per heavy atom.